The summed E-state index contributed by atoms with van der Waals surface area (Å²) in [7, 11) is 0. The van der Waals surface area contributed by atoms with Crippen LogP contribution in [0.1, 0.15) is 56.9 Å². The Morgan fingerprint density at radius 3 is 2.68 bits per heavy atom. The highest BCUT2D eigenvalue weighted by Crippen LogP contribution is 2.24. The molecule has 2 amide bonds. The molecule has 0 radical (unpaired) electrons. The first-order valence-corrected chi connectivity index (χ1v) is 12.9. The van der Waals surface area contributed by atoms with Gasteiger partial charge in [0.1, 0.15) is 18.1 Å². The molecule has 0 unspecified atom stereocenters. The highest BCUT2D eigenvalue weighted by Gasteiger charge is 2.33. The molecule has 0 spiro atoms. The molecule has 3 heterocycles. The maximum atomic E-state index is 13.1. The molecule has 38 heavy (non-hydrogen) atoms. The van der Waals surface area contributed by atoms with Crippen molar-refractivity contribution in [1.82, 2.24) is 15.2 Å². The lowest BCUT2D eigenvalue weighted by Crippen LogP contribution is -2.36. The predicted octanol–water partition coefficient (Wildman–Crippen LogP) is 2.45. The van der Waals surface area contributed by atoms with E-state index in [2.05, 4.69) is 10.3 Å². The fraction of sp³-hybridized carbons (Fsp3) is 0.500. The highest BCUT2D eigenvalue weighted by molar-refractivity contribution is 6.00. The molecule has 3 N–H and O–H groups in total. The Labute approximate surface area is 222 Å². The van der Waals surface area contributed by atoms with Gasteiger partial charge in [-0.15, -0.1) is 0 Å². The van der Waals surface area contributed by atoms with Gasteiger partial charge >= 0.3 is 5.97 Å². The molecule has 10 nitrogen and oxygen atoms in total. The van der Waals surface area contributed by atoms with Crippen molar-refractivity contribution in [2.45, 2.75) is 65.3 Å². The van der Waals surface area contributed by atoms with Crippen LogP contribution in [0.25, 0.3) is 0 Å². The van der Waals surface area contributed by atoms with Crippen molar-refractivity contribution in [2.24, 2.45) is 11.8 Å². The molecule has 0 aromatic carbocycles. The van der Waals surface area contributed by atoms with Gasteiger partial charge in [0.2, 0.25) is 5.91 Å². The van der Waals surface area contributed by atoms with Gasteiger partial charge in [-0.25, -0.2) is 9.78 Å². The largest absolute Gasteiger partial charge is 0.457 e. The summed E-state index contributed by atoms with van der Waals surface area (Å²) in [6, 6.07) is 0. The summed E-state index contributed by atoms with van der Waals surface area (Å²) in [4.78, 5) is 44.0. The Morgan fingerprint density at radius 1 is 1.18 bits per heavy atom. The second kappa shape index (κ2) is 13.3. The third-order valence-corrected chi connectivity index (χ3v) is 6.33. The van der Waals surface area contributed by atoms with E-state index in [9.17, 15) is 24.6 Å². The first-order valence-electron chi connectivity index (χ1n) is 12.9. The number of fused-ring (bicyclic) bond motifs is 3. The second-order valence-electron chi connectivity index (χ2n) is 10.0. The van der Waals surface area contributed by atoms with E-state index >= 15 is 0 Å². The van der Waals surface area contributed by atoms with Gasteiger partial charge in [-0.05, 0) is 25.3 Å². The van der Waals surface area contributed by atoms with E-state index in [4.69, 9.17) is 9.15 Å². The van der Waals surface area contributed by atoms with Crippen LogP contribution in [0.3, 0.4) is 0 Å². The van der Waals surface area contributed by atoms with E-state index < -0.39 is 30.2 Å². The number of esters is 1. The summed E-state index contributed by atoms with van der Waals surface area (Å²) in [5.74, 6) is -1.58. The third kappa shape index (κ3) is 8.00. The Kier molecular flexibility index (Phi) is 10.2. The Morgan fingerprint density at radius 2 is 1.95 bits per heavy atom. The number of aromatic nitrogens is 1. The molecule has 10 heteroatoms. The van der Waals surface area contributed by atoms with E-state index in [1.807, 2.05) is 20.8 Å². The van der Waals surface area contributed by atoms with E-state index in [0.29, 0.717) is 13.0 Å². The Bertz CT molecular complexity index is 1130. The van der Waals surface area contributed by atoms with Crippen LogP contribution in [-0.2, 0) is 20.7 Å². The lowest BCUT2D eigenvalue weighted by molar-refractivity contribution is -0.149. The van der Waals surface area contributed by atoms with Gasteiger partial charge in [0, 0.05) is 25.4 Å². The summed E-state index contributed by atoms with van der Waals surface area (Å²) >= 11 is 0. The van der Waals surface area contributed by atoms with Crippen LogP contribution < -0.4 is 5.32 Å². The molecule has 0 fully saturated rings. The van der Waals surface area contributed by atoms with Crippen molar-refractivity contribution >= 4 is 17.8 Å². The first-order chi connectivity index (χ1) is 18.0. The zero-order valence-electron chi connectivity index (χ0n) is 22.3. The summed E-state index contributed by atoms with van der Waals surface area (Å²) in [5, 5.41) is 23.5. The van der Waals surface area contributed by atoms with Crippen molar-refractivity contribution in [1.29, 1.82) is 0 Å². The summed E-state index contributed by atoms with van der Waals surface area (Å²) in [5.41, 5.74) is 0.909. The number of oxazole rings is 1. The van der Waals surface area contributed by atoms with Gasteiger partial charge in [-0.1, -0.05) is 56.7 Å². The van der Waals surface area contributed by atoms with Crippen LogP contribution in [-0.4, -0.2) is 69.3 Å². The number of allylic oxidation sites excluding steroid dienone is 2. The molecule has 206 valence electrons. The van der Waals surface area contributed by atoms with Crippen molar-refractivity contribution in [2.75, 3.05) is 13.1 Å². The number of nitrogens with one attached hydrogen (secondary N) is 1. The van der Waals surface area contributed by atoms with E-state index in [1.165, 1.54) is 17.2 Å². The minimum atomic E-state index is -0.959. The fourth-order valence-corrected chi connectivity index (χ4v) is 4.44. The molecule has 0 saturated carbocycles. The molecular formula is C28H37N3O7. The molecule has 1 aromatic rings. The van der Waals surface area contributed by atoms with Crippen LogP contribution in [0.15, 0.2) is 58.4 Å². The van der Waals surface area contributed by atoms with Crippen LogP contribution in [0.4, 0.5) is 0 Å². The van der Waals surface area contributed by atoms with E-state index in [-0.39, 0.29) is 54.4 Å². The number of cyclic esters (lactones) is 1. The van der Waals surface area contributed by atoms with Gasteiger partial charge in [0.25, 0.3) is 5.91 Å². The molecule has 0 aliphatic carbocycles. The topological polar surface area (TPSA) is 142 Å². The SMILES string of the molecule is CC1=C/[C@@H](O)C[C@@H](O)Cc2nc(co2)C(=O)N2CCC=C2C(=O)O[C@H](C(C)C)[C@H](C)/C=C\C(=O)NC/C=C\1. The lowest BCUT2D eigenvalue weighted by Gasteiger charge is -2.27. The smallest absolute Gasteiger partial charge is 0.355 e. The van der Waals surface area contributed by atoms with Crippen LogP contribution in [0, 0.1) is 11.8 Å². The van der Waals surface area contributed by atoms with Crippen LogP contribution in [0.2, 0.25) is 0 Å². The van der Waals surface area contributed by atoms with E-state index in [0.717, 1.165) is 5.57 Å². The zero-order valence-corrected chi connectivity index (χ0v) is 22.3. The number of hydrogen-bond donors (Lipinski definition) is 3. The van der Waals surface area contributed by atoms with Crippen molar-refractivity contribution in [3.63, 3.8) is 0 Å². The molecule has 3 rings (SSSR count). The number of aliphatic hydroxyl groups excluding tert-OH is 2. The molecule has 2 aliphatic heterocycles. The third-order valence-electron chi connectivity index (χ3n) is 6.33. The minimum absolute atomic E-state index is 0.00476. The maximum absolute atomic E-state index is 13.1. The van der Waals surface area contributed by atoms with Gasteiger partial charge < -0.3 is 29.6 Å². The summed E-state index contributed by atoms with van der Waals surface area (Å²) < 4.78 is 11.2. The molecule has 2 bridgehead atoms. The zero-order chi connectivity index (χ0) is 27.8. The minimum Gasteiger partial charge on any atom is -0.457 e. The molecule has 4 atom stereocenters. The number of hydrogen-bond acceptors (Lipinski definition) is 8. The first kappa shape index (κ1) is 29.1. The van der Waals surface area contributed by atoms with Gasteiger partial charge in [0.05, 0.1) is 18.6 Å². The van der Waals surface area contributed by atoms with Gasteiger partial charge in [-0.2, -0.15) is 0 Å². The number of amides is 2. The fourth-order valence-electron chi connectivity index (χ4n) is 4.44. The summed E-state index contributed by atoms with van der Waals surface area (Å²) in [6.07, 6.45) is 9.22. The molecule has 1 aromatic heterocycles. The lowest BCUT2D eigenvalue weighted by atomic mass is 9.94. The Hall–Kier alpha value is -3.50. The maximum Gasteiger partial charge on any atom is 0.355 e. The average molecular weight is 528 g/mol. The van der Waals surface area contributed by atoms with E-state index in [1.54, 1.807) is 37.3 Å². The van der Waals surface area contributed by atoms with Crippen molar-refractivity contribution in [3.8, 4) is 0 Å². The number of nitrogens with zero attached hydrogens (tertiary/aromatic N) is 2. The quantitative estimate of drug-likeness (QED) is 0.473. The molecule has 0 saturated heterocycles. The number of carbonyl (C=O) groups is 3. The monoisotopic (exact) mass is 527 g/mol. The van der Waals surface area contributed by atoms with Crippen LogP contribution in [0.5, 0.6) is 0 Å². The normalized spacial score (nSPS) is 29.6. The summed E-state index contributed by atoms with van der Waals surface area (Å²) in [6.45, 7) is 8.08. The predicted molar refractivity (Wildman–Crippen MR) is 140 cm³/mol. The molecule has 2 aliphatic rings. The highest BCUT2D eigenvalue weighted by atomic mass is 16.5. The van der Waals surface area contributed by atoms with Crippen LogP contribution >= 0.6 is 0 Å². The average Bonchev–Trinajstić information content (AvgIpc) is 3.52. The standard InChI is InChI=1S/C28H37N3O7/c1-17(2)26-19(4)9-10-24(34)29-11-5-7-18(3)13-20(32)14-21(33)15-25-30-22(16-37-25)27(35)31-12-6-8-23(31)28(36)38-26/h5,7-10,13,16-17,19-21,26,32-33H,6,11-12,14-15H2,1-4H3,(H,29,34)/b7-5-,10-9-,18-13-/t19-,20-,21-,26-/m1/s1. The Balaban J connectivity index is 1.86. The number of rotatable bonds is 1. The van der Waals surface area contributed by atoms with Gasteiger partial charge in [0.15, 0.2) is 11.6 Å². The number of ether oxygens (including phenoxy) is 1. The molecular weight excluding hydrogens is 490 g/mol. The van der Waals surface area contributed by atoms with Crippen molar-refractivity contribution < 1.29 is 33.8 Å². The van der Waals surface area contributed by atoms with Gasteiger partial charge in [-0.3, -0.25) is 9.59 Å². The number of aliphatic hydroxyl groups is 2. The number of carbonyl (C=O) groups excluding carboxylic acids is 3. The second-order valence-corrected chi connectivity index (χ2v) is 10.0. The van der Waals surface area contributed by atoms with Crippen molar-refractivity contribution in [3.05, 3.63) is 65.6 Å².